The molecule has 0 saturated carbocycles. The Hall–Kier alpha value is -3.54. The number of hydrogen-bond acceptors (Lipinski definition) is 5. The quantitative estimate of drug-likeness (QED) is 0.701. The first kappa shape index (κ1) is 17.3. The minimum absolute atomic E-state index is 0.201. The van der Waals surface area contributed by atoms with Crippen molar-refractivity contribution in [2.24, 2.45) is 0 Å². The number of nitrogens with zero attached hydrogens (tertiary/aromatic N) is 1. The lowest BCUT2D eigenvalue weighted by molar-refractivity contribution is 0.102. The summed E-state index contributed by atoms with van der Waals surface area (Å²) in [4.78, 5) is 16.4. The third-order valence-electron chi connectivity index (χ3n) is 3.73. The third kappa shape index (κ3) is 4.10. The summed E-state index contributed by atoms with van der Waals surface area (Å²) in [5, 5.41) is 6.00. The van der Waals surface area contributed by atoms with E-state index < -0.39 is 0 Å². The zero-order valence-corrected chi connectivity index (χ0v) is 14.5. The van der Waals surface area contributed by atoms with Gasteiger partial charge in [0, 0.05) is 11.6 Å². The van der Waals surface area contributed by atoms with E-state index in [4.69, 9.17) is 9.47 Å². The van der Waals surface area contributed by atoms with Crippen LogP contribution in [0.5, 0.6) is 11.5 Å². The minimum atomic E-state index is -0.201. The molecule has 0 unspecified atom stereocenters. The van der Waals surface area contributed by atoms with Crippen molar-refractivity contribution in [3.05, 3.63) is 72.4 Å². The molecule has 3 aromatic rings. The Balaban J connectivity index is 1.71. The summed E-state index contributed by atoms with van der Waals surface area (Å²) < 4.78 is 10.6. The van der Waals surface area contributed by atoms with Crippen LogP contribution in [0, 0.1) is 0 Å². The number of pyridine rings is 1. The molecule has 6 heteroatoms. The van der Waals surface area contributed by atoms with Crippen molar-refractivity contribution >= 4 is 23.1 Å². The van der Waals surface area contributed by atoms with Gasteiger partial charge in [-0.15, -0.1) is 0 Å². The number of ether oxygens (including phenoxy) is 2. The number of anilines is 3. The second kappa shape index (κ2) is 8.02. The summed E-state index contributed by atoms with van der Waals surface area (Å²) in [5.41, 5.74) is 2.10. The largest absolute Gasteiger partial charge is 0.497 e. The molecule has 2 N–H and O–H groups in total. The Morgan fingerprint density at radius 1 is 0.962 bits per heavy atom. The SMILES string of the molecule is COc1ccc(OC)c(Nc2ccc(NC(=O)c3ccccc3)nc2)c1. The van der Waals surface area contributed by atoms with Gasteiger partial charge in [-0.1, -0.05) is 18.2 Å². The van der Waals surface area contributed by atoms with Gasteiger partial charge < -0.3 is 20.1 Å². The third-order valence-corrected chi connectivity index (χ3v) is 3.73. The van der Waals surface area contributed by atoms with E-state index in [0.29, 0.717) is 22.9 Å². The Morgan fingerprint density at radius 2 is 1.77 bits per heavy atom. The van der Waals surface area contributed by atoms with Gasteiger partial charge in [-0.05, 0) is 36.4 Å². The predicted octanol–water partition coefficient (Wildman–Crippen LogP) is 4.09. The van der Waals surface area contributed by atoms with Crippen molar-refractivity contribution in [3.8, 4) is 11.5 Å². The predicted molar refractivity (Wildman–Crippen MR) is 101 cm³/mol. The van der Waals surface area contributed by atoms with Crippen LogP contribution in [-0.2, 0) is 0 Å². The highest BCUT2D eigenvalue weighted by atomic mass is 16.5. The maximum absolute atomic E-state index is 12.1. The molecule has 0 spiro atoms. The van der Waals surface area contributed by atoms with E-state index in [1.54, 1.807) is 38.6 Å². The van der Waals surface area contributed by atoms with Crippen molar-refractivity contribution in [3.63, 3.8) is 0 Å². The van der Waals surface area contributed by atoms with Crippen LogP contribution in [0.4, 0.5) is 17.2 Å². The first-order valence-corrected chi connectivity index (χ1v) is 8.01. The topological polar surface area (TPSA) is 72.5 Å². The number of carbonyl (C=O) groups is 1. The standard InChI is InChI=1S/C20H19N3O3/c1-25-16-9-10-18(26-2)17(12-16)22-15-8-11-19(21-13-15)23-20(24)14-6-4-3-5-7-14/h3-13,22H,1-2H3,(H,21,23,24). The molecule has 0 fully saturated rings. The van der Waals surface area contributed by atoms with Gasteiger partial charge >= 0.3 is 0 Å². The summed E-state index contributed by atoms with van der Waals surface area (Å²) in [6.45, 7) is 0. The van der Waals surface area contributed by atoms with E-state index in [-0.39, 0.29) is 5.91 Å². The normalized spacial score (nSPS) is 10.1. The van der Waals surface area contributed by atoms with Gasteiger partial charge in [-0.3, -0.25) is 4.79 Å². The van der Waals surface area contributed by atoms with Crippen molar-refractivity contribution in [2.75, 3.05) is 24.9 Å². The molecule has 1 aromatic heterocycles. The summed E-state index contributed by atoms with van der Waals surface area (Å²) in [5.74, 6) is 1.68. The van der Waals surface area contributed by atoms with Gasteiger partial charge in [0.1, 0.15) is 17.3 Å². The highest BCUT2D eigenvalue weighted by Crippen LogP contribution is 2.31. The molecule has 0 aliphatic rings. The fourth-order valence-corrected chi connectivity index (χ4v) is 2.39. The lowest BCUT2D eigenvalue weighted by Gasteiger charge is -2.13. The van der Waals surface area contributed by atoms with E-state index in [0.717, 1.165) is 11.4 Å². The Labute approximate surface area is 151 Å². The molecule has 6 nitrogen and oxygen atoms in total. The average molecular weight is 349 g/mol. The molecule has 1 heterocycles. The molecule has 0 atom stereocenters. The van der Waals surface area contributed by atoms with E-state index in [9.17, 15) is 4.79 Å². The highest BCUT2D eigenvalue weighted by molar-refractivity contribution is 6.03. The molecule has 0 aliphatic heterocycles. The Bertz CT molecular complexity index is 881. The van der Waals surface area contributed by atoms with Crippen molar-refractivity contribution in [1.29, 1.82) is 0 Å². The van der Waals surface area contributed by atoms with Crippen LogP contribution in [0.2, 0.25) is 0 Å². The van der Waals surface area contributed by atoms with Crippen molar-refractivity contribution < 1.29 is 14.3 Å². The molecular formula is C20H19N3O3. The minimum Gasteiger partial charge on any atom is -0.497 e. The molecule has 132 valence electrons. The number of hydrogen-bond donors (Lipinski definition) is 2. The molecule has 3 rings (SSSR count). The van der Waals surface area contributed by atoms with Crippen molar-refractivity contribution in [1.82, 2.24) is 4.98 Å². The lowest BCUT2D eigenvalue weighted by atomic mass is 10.2. The van der Waals surface area contributed by atoms with Gasteiger partial charge in [-0.25, -0.2) is 4.98 Å². The van der Waals surface area contributed by atoms with Crippen LogP contribution in [0.3, 0.4) is 0 Å². The monoisotopic (exact) mass is 349 g/mol. The highest BCUT2D eigenvalue weighted by Gasteiger charge is 2.08. The van der Waals surface area contributed by atoms with Gasteiger partial charge in [0.2, 0.25) is 0 Å². The maximum Gasteiger partial charge on any atom is 0.256 e. The van der Waals surface area contributed by atoms with Gasteiger partial charge in [0.25, 0.3) is 5.91 Å². The van der Waals surface area contributed by atoms with Crippen LogP contribution in [-0.4, -0.2) is 25.1 Å². The van der Waals surface area contributed by atoms with Gasteiger partial charge in [0.15, 0.2) is 0 Å². The van der Waals surface area contributed by atoms with E-state index in [2.05, 4.69) is 15.6 Å². The van der Waals surface area contributed by atoms with E-state index >= 15 is 0 Å². The summed E-state index contributed by atoms with van der Waals surface area (Å²) in [6.07, 6.45) is 1.64. The molecular weight excluding hydrogens is 330 g/mol. The Kier molecular flexibility index (Phi) is 5.34. The number of carbonyl (C=O) groups excluding carboxylic acids is 1. The molecule has 1 amide bonds. The summed E-state index contributed by atoms with van der Waals surface area (Å²) >= 11 is 0. The number of methoxy groups -OCH3 is 2. The fourth-order valence-electron chi connectivity index (χ4n) is 2.39. The van der Waals surface area contributed by atoms with E-state index in [1.165, 1.54) is 0 Å². The maximum atomic E-state index is 12.1. The molecule has 26 heavy (non-hydrogen) atoms. The fraction of sp³-hybridized carbons (Fsp3) is 0.100. The smallest absolute Gasteiger partial charge is 0.256 e. The molecule has 2 aromatic carbocycles. The first-order valence-electron chi connectivity index (χ1n) is 8.01. The van der Waals surface area contributed by atoms with Crippen LogP contribution in [0.1, 0.15) is 10.4 Å². The van der Waals surface area contributed by atoms with Crippen LogP contribution < -0.4 is 20.1 Å². The molecule has 0 bridgehead atoms. The first-order chi connectivity index (χ1) is 12.7. The average Bonchev–Trinajstić information content (AvgIpc) is 2.70. The zero-order chi connectivity index (χ0) is 18.4. The molecule has 0 saturated heterocycles. The molecule has 0 radical (unpaired) electrons. The number of aromatic nitrogens is 1. The number of amides is 1. The summed E-state index contributed by atoms with van der Waals surface area (Å²) in [7, 11) is 3.21. The zero-order valence-electron chi connectivity index (χ0n) is 14.5. The number of nitrogens with one attached hydrogen (secondary N) is 2. The molecule has 0 aliphatic carbocycles. The second-order valence-corrected chi connectivity index (χ2v) is 5.44. The van der Waals surface area contributed by atoms with Crippen LogP contribution in [0.15, 0.2) is 66.9 Å². The second-order valence-electron chi connectivity index (χ2n) is 5.44. The van der Waals surface area contributed by atoms with Crippen LogP contribution in [0.25, 0.3) is 0 Å². The van der Waals surface area contributed by atoms with E-state index in [1.807, 2.05) is 42.5 Å². The number of benzene rings is 2. The van der Waals surface area contributed by atoms with Crippen molar-refractivity contribution in [2.45, 2.75) is 0 Å². The number of rotatable bonds is 6. The lowest BCUT2D eigenvalue weighted by Crippen LogP contribution is -2.12. The van der Waals surface area contributed by atoms with Gasteiger partial charge in [0.05, 0.1) is 31.8 Å². The van der Waals surface area contributed by atoms with Gasteiger partial charge in [-0.2, -0.15) is 0 Å². The Morgan fingerprint density at radius 3 is 2.42 bits per heavy atom. The van der Waals surface area contributed by atoms with Crippen LogP contribution >= 0.6 is 0 Å². The summed E-state index contributed by atoms with van der Waals surface area (Å²) in [6, 6.07) is 18.0.